The quantitative estimate of drug-likeness (QED) is 0.642. The molecule has 0 bridgehead atoms. The van der Waals surface area contributed by atoms with Crippen LogP contribution in [-0.2, 0) is 14.3 Å². The molecule has 0 radical (unpaired) electrons. The number of ether oxygens (including phenoxy) is 1. The van der Waals surface area contributed by atoms with Crippen molar-refractivity contribution in [1.29, 1.82) is 0 Å². The van der Waals surface area contributed by atoms with Crippen molar-refractivity contribution >= 4 is 34.9 Å². The van der Waals surface area contributed by atoms with Crippen LogP contribution in [0.2, 0.25) is 0 Å². The number of thiocarbonyl (C=S) groups is 1. The van der Waals surface area contributed by atoms with E-state index in [1.54, 1.807) is 4.90 Å². The Morgan fingerprint density at radius 2 is 2.04 bits per heavy atom. The van der Waals surface area contributed by atoms with Gasteiger partial charge in [-0.15, -0.1) is 0 Å². The summed E-state index contributed by atoms with van der Waals surface area (Å²) in [7, 11) is 1.31. The van der Waals surface area contributed by atoms with Gasteiger partial charge >= 0.3 is 5.97 Å². The van der Waals surface area contributed by atoms with Crippen molar-refractivity contribution < 1.29 is 14.3 Å². The van der Waals surface area contributed by atoms with Crippen LogP contribution in [0, 0.1) is 13.8 Å². The highest BCUT2D eigenvalue weighted by atomic mass is 32.1. The molecule has 1 heterocycles. The van der Waals surface area contributed by atoms with E-state index in [1.807, 2.05) is 26.0 Å². The van der Waals surface area contributed by atoms with Gasteiger partial charge in [-0.1, -0.05) is 6.07 Å². The molecule has 0 spiro atoms. The SMILES string of the molecule is COC(=O)C[C@H]1C(=O)NCCN1C(=S)Nc1cc(C)cc(C)c1. The summed E-state index contributed by atoms with van der Waals surface area (Å²) in [6, 6.07) is 5.39. The van der Waals surface area contributed by atoms with Crippen LogP contribution >= 0.6 is 12.2 Å². The third kappa shape index (κ3) is 4.41. The number of piperazine rings is 1. The summed E-state index contributed by atoms with van der Waals surface area (Å²) < 4.78 is 4.67. The fourth-order valence-electron chi connectivity index (χ4n) is 2.64. The molecule has 1 aromatic rings. The number of aryl methyl sites for hydroxylation is 2. The van der Waals surface area contributed by atoms with E-state index in [2.05, 4.69) is 21.4 Å². The number of carbonyl (C=O) groups is 2. The Hall–Kier alpha value is -2.15. The number of nitrogens with zero attached hydrogens (tertiary/aromatic N) is 1. The Kier molecular flexibility index (Phi) is 5.54. The van der Waals surface area contributed by atoms with E-state index >= 15 is 0 Å². The molecule has 6 nitrogen and oxygen atoms in total. The average molecular weight is 335 g/mol. The molecule has 124 valence electrons. The first kappa shape index (κ1) is 17.2. The maximum absolute atomic E-state index is 12.1. The maximum atomic E-state index is 12.1. The molecular weight excluding hydrogens is 314 g/mol. The van der Waals surface area contributed by atoms with E-state index < -0.39 is 12.0 Å². The van der Waals surface area contributed by atoms with Crippen LogP contribution in [-0.4, -0.2) is 48.1 Å². The molecular formula is C16H21N3O3S. The van der Waals surface area contributed by atoms with Gasteiger partial charge in [-0.2, -0.15) is 0 Å². The standard InChI is InChI=1S/C16H21N3O3S/c1-10-6-11(2)8-12(7-10)18-16(23)19-5-4-17-15(21)13(19)9-14(20)22-3/h6-8,13H,4-5,9H2,1-3H3,(H,17,21)(H,18,23)/t13-/m0/s1. The summed E-state index contributed by atoms with van der Waals surface area (Å²) in [4.78, 5) is 25.4. The first-order valence-corrected chi connectivity index (χ1v) is 7.82. The van der Waals surface area contributed by atoms with Gasteiger partial charge in [0.2, 0.25) is 5.91 Å². The number of anilines is 1. The number of hydrogen-bond donors (Lipinski definition) is 2. The van der Waals surface area contributed by atoms with Crippen LogP contribution < -0.4 is 10.6 Å². The van der Waals surface area contributed by atoms with E-state index in [-0.39, 0.29) is 12.3 Å². The van der Waals surface area contributed by atoms with E-state index in [0.717, 1.165) is 16.8 Å². The lowest BCUT2D eigenvalue weighted by molar-refractivity contribution is -0.144. The van der Waals surface area contributed by atoms with Crippen LogP contribution in [0.25, 0.3) is 0 Å². The van der Waals surface area contributed by atoms with E-state index in [0.29, 0.717) is 18.2 Å². The van der Waals surface area contributed by atoms with Gasteiger partial charge in [-0.3, -0.25) is 9.59 Å². The highest BCUT2D eigenvalue weighted by Gasteiger charge is 2.33. The number of rotatable bonds is 3. The first-order valence-electron chi connectivity index (χ1n) is 7.41. The number of carbonyl (C=O) groups excluding carboxylic acids is 2. The fraction of sp³-hybridized carbons (Fsp3) is 0.438. The second-order valence-corrected chi connectivity index (χ2v) is 5.97. The third-order valence-electron chi connectivity index (χ3n) is 3.65. The van der Waals surface area contributed by atoms with E-state index in [4.69, 9.17) is 12.2 Å². The Morgan fingerprint density at radius 1 is 1.39 bits per heavy atom. The molecule has 0 saturated carbocycles. The molecule has 23 heavy (non-hydrogen) atoms. The Balaban J connectivity index is 2.14. The summed E-state index contributed by atoms with van der Waals surface area (Å²) in [6.07, 6.45) is -0.0308. The monoisotopic (exact) mass is 335 g/mol. The molecule has 1 saturated heterocycles. The molecule has 0 unspecified atom stereocenters. The van der Waals surface area contributed by atoms with Crippen LogP contribution in [0.4, 0.5) is 5.69 Å². The smallest absolute Gasteiger partial charge is 0.308 e. The molecule has 1 aromatic carbocycles. The Labute approximate surface area is 141 Å². The third-order valence-corrected chi connectivity index (χ3v) is 3.99. The number of methoxy groups -OCH3 is 1. The molecule has 1 aliphatic heterocycles. The molecule has 2 rings (SSSR count). The maximum Gasteiger partial charge on any atom is 0.308 e. The van der Waals surface area contributed by atoms with Gasteiger partial charge < -0.3 is 20.3 Å². The molecule has 7 heteroatoms. The van der Waals surface area contributed by atoms with Crippen LogP contribution in [0.15, 0.2) is 18.2 Å². The van der Waals surface area contributed by atoms with Crippen molar-refractivity contribution in [2.24, 2.45) is 0 Å². The van der Waals surface area contributed by atoms with E-state index in [9.17, 15) is 9.59 Å². The second kappa shape index (κ2) is 7.41. The second-order valence-electron chi connectivity index (χ2n) is 5.59. The lowest BCUT2D eigenvalue weighted by Crippen LogP contribution is -2.58. The largest absolute Gasteiger partial charge is 0.469 e. The lowest BCUT2D eigenvalue weighted by Gasteiger charge is -2.36. The van der Waals surface area contributed by atoms with Crippen LogP contribution in [0.5, 0.6) is 0 Å². The van der Waals surface area contributed by atoms with Crippen molar-refractivity contribution in [3.05, 3.63) is 29.3 Å². The van der Waals surface area contributed by atoms with Crippen molar-refractivity contribution in [2.75, 3.05) is 25.5 Å². The van der Waals surface area contributed by atoms with Crippen LogP contribution in [0.3, 0.4) is 0 Å². The van der Waals surface area contributed by atoms with Gasteiger partial charge in [0.05, 0.1) is 13.5 Å². The van der Waals surface area contributed by atoms with Gasteiger partial charge in [-0.05, 0) is 49.3 Å². The summed E-state index contributed by atoms with van der Waals surface area (Å²) in [6.45, 7) is 5.06. The number of nitrogens with one attached hydrogen (secondary N) is 2. The van der Waals surface area contributed by atoms with Crippen molar-refractivity contribution in [2.45, 2.75) is 26.3 Å². The molecule has 0 aromatic heterocycles. The molecule has 1 aliphatic rings. The highest BCUT2D eigenvalue weighted by Crippen LogP contribution is 2.17. The summed E-state index contributed by atoms with van der Waals surface area (Å²) >= 11 is 5.44. The Morgan fingerprint density at radius 3 is 2.65 bits per heavy atom. The predicted molar refractivity (Wildman–Crippen MR) is 92.3 cm³/mol. The number of esters is 1. The van der Waals surface area contributed by atoms with Gasteiger partial charge in [0, 0.05) is 18.8 Å². The summed E-state index contributed by atoms with van der Waals surface area (Å²) in [5, 5.41) is 6.34. The van der Waals surface area contributed by atoms with Crippen molar-refractivity contribution in [3.8, 4) is 0 Å². The molecule has 0 aliphatic carbocycles. The van der Waals surface area contributed by atoms with Gasteiger partial charge in [0.25, 0.3) is 0 Å². The first-order chi connectivity index (χ1) is 10.9. The van der Waals surface area contributed by atoms with Crippen molar-refractivity contribution in [1.82, 2.24) is 10.2 Å². The zero-order valence-corrected chi connectivity index (χ0v) is 14.3. The zero-order chi connectivity index (χ0) is 17.0. The number of benzene rings is 1. The molecule has 1 atom stereocenters. The zero-order valence-electron chi connectivity index (χ0n) is 13.5. The predicted octanol–water partition coefficient (Wildman–Crippen LogP) is 1.36. The van der Waals surface area contributed by atoms with Crippen LogP contribution in [0.1, 0.15) is 17.5 Å². The number of hydrogen-bond acceptors (Lipinski definition) is 4. The van der Waals surface area contributed by atoms with E-state index in [1.165, 1.54) is 7.11 Å². The summed E-state index contributed by atoms with van der Waals surface area (Å²) in [5.41, 5.74) is 3.12. The van der Waals surface area contributed by atoms with Gasteiger partial charge in [0.15, 0.2) is 5.11 Å². The molecule has 1 fully saturated rings. The lowest BCUT2D eigenvalue weighted by atomic mass is 10.1. The number of amides is 1. The Bertz CT molecular complexity index is 613. The normalized spacial score (nSPS) is 17.4. The topological polar surface area (TPSA) is 70.7 Å². The summed E-state index contributed by atoms with van der Waals surface area (Å²) in [5.74, 6) is -0.655. The van der Waals surface area contributed by atoms with Gasteiger partial charge in [0.1, 0.15) is 6.04 Å². The average Bonchev–Trinajstić information content (AvgIpc) is 2.47. The molecule has 1 amide bonds. The minimum Gasteiger partial charge on any atom is -0.469 e. The van der Waals surface area contributed by atoms with Gasteiger partial charge in [-0.25, -0.2) is 0 Å². The minimum absolute atomic E-state index is 0.0308. The minimum atomic E-state index is -0.651. The molecule has 2 N–H and O–H groups in total. The highest BCUT2D eigenvalue weighted by molar-refractivity contribution is 7.80. The fourth-order valence-corrected chi connectivity index (χ4v) is 2.98. The van der Waals surface area contributed by atoms with Crippen molar-refractivity contribution in [3.63, 3.8) is 0 Å².